The topological polar surface area (TPSA) is 30.8 Å². The van der Waals surface area contributed by atoms with Crippen LogP contribution in [0.15, 0.2) is 34.5 Å². The van der Waals surface area contributed by atoms with Gasteiger partial charge < -0.3 is 9.47 Å². The van der Waals surface area contributed by atoms with Crippen LogP contribution in [0.2, 0.25) is 0 Å². The van der Waals surface area contributed by atoms with Crippen LogP contribution in [0.1, 0.15) is 148 Å². The number of aliphatic imine (C=N–C) groups is 1. The Morgan fingerprint density at radius 1 is 0.795 bits per heavy atom. The molecule has 39 heavy (non-hydrogen) atoms. The zero-order valence-corrected chi connectivity index (χ0v) is 26.7. The highest BCUT2D eigenvalue weighted by atomic mass is 16.5. The Balaban J connectivity index is 2.04. The van der Waals surface area contributed by atoms with Gasteiger partial charge in [-0.3, -0.25) is 4.99 Å². The summed E-state index contributed by atoms with van der Waals surface area (Å²) in [6, 6.07) is 6.75. The van der Waals surface area contributed by atoms with Gasteiger partial charge in [0, 0.05) is 42.5 Å². The minimum atomic E-state index is 0.303. The van der Waals surface area contributed by atoms with Crippen molar-refractivity contribution in [3.63, 3.8) is 0 Å². The molecule has 1 aliphatic heterocycles. The highest BCUT2D eigenvalue weighted by Gasteiger charge is 2.37. The van der Waals surface area contributed by atoms with Gasteiger partial charge in [0.25, 0.3) is 0 Å². The Bertz CT molecular complexity index is 869. The van der Waals surface area contributed by atoms with E-state index in [1.807, 2.05) is 0 Å². The fourth-order valence-corrected chi connectivity index (χ4v) is 6.64. The van der Waals surface area contributed by atoms with Crippen molar-refractivity contribution in [2.75, 3.05) is 20.3 Å². The van der Waals surface area contributed by atoms with Crippen molar-refractivity contribution >= 4 is 5.71 Å². The van der Waals surface area contributed by atoms with Crippen molar-refractivity contribution in [3.8, 4) is 5.75 Å². The molecule has 0 N–H and O–H groups in total. The highest BCUT2D eigenvalue weighted by molar-refractivity contribution is 5.88. The summed E-state index contributed by atoms with van der Waals surface area (Å²) >= 11 is 0. The number of ether oxygens (including phenoxy) is 2. The van der Waals surface area contributed by atoms with E-state index in [2.05, 4.69) is 59.7 Å². The first-order valence-corrected chi connectivity index (χ1v) is 16.4. The van der Waals surface area contributed by atoms with Crippen molar-refractivity contribution in [1.82, 2.24) is 0 Å². The van der Waals surface area contributed by atoms with Gasteiger partial charge in [0.15, 0.2) is 0 Å². The fourth-order valence-electron chi connectivity index (χ4n) is 6.64. The third-order valence-corrected chi connectivity index (χ3v) is 8.64. The van der Waals surface area contributed by atoms with Crippen LogP contribution in [0.25, 0.3) is 0 Å². The number of allylic oxidation sites excluding steroid dienone is 1. The maximum Gasteiger partial charge on any atom is 0.123 e. The van der Waals surface area contributed by atoms with Gasteiger partial charge in [0.2, 0.25) is 0 Å². The van der Waals surface area contributed by atoms with E-state index in [9.17, 15) is 0 Å². The number of methoxy groups -OCH3 is 1. The molecule has 0 bridgehead atoms. The lowest BCUT2D eigenvalue weighted by molar-refractivity contribution is 0.198. The smallest absolute Gasteiger partial charge is 0.123 e. The summed E-state index contributed by atoms with van der Waals surface area (Å²) in [5.74, 6) is 2.26. The molecule has 1 aliphatic rings. The zero-order chi connectivity index (χ0) is 28.5. The summed E-state index contributed by atoms with van der Waals surface area (Å²) in [6.45, 7) is 14.9. The van der Waals surface area contributed by atoms with Crippen molar-refractivity contribution in [2.45, 2.75) is 144 Å². The number of hydrogen-bond donors (Lipinski definition) is 0. The molecule has 1 aromatic rings. The molecule has 3 heteroatoms. The molecule has 1 heterocycles. The first kappa shape index (κ1) is 33.6. The lowest BCUT2D eigenvalue weighted by atomic mass is 9.68. The molecule has 0 saturated carbocycles. The molecule has 0 aliphatic carbocycles. The molecule has 0 radical (unpaired) electrons. The summed E-state index contributed by atoms with van der Waals surface area (Å²) < 4.78 is 11.9. The normalized spacial score (nSPS) is 17.7. The van der Waals surface area contributed by atoms with Gasteiger partial charge in [0.05, 0.1) is 6.61 Å². The molecule has 222 valence electrons. The van der Waals surface area contributed by atoms with Crippen LogP contribution >= 0.6 is 0 Å². The Morgan fingerprint density at radius 3 is 1.92 bits per heavy atom. The largest absolute Gasteiger partial charge is 0.494 e. The Morgan fingerprint density at radius 2 is 1.38 bits per heavy atom. The molecule has 0 fully saturated rings. The predicted molar refractivity (Wildman–Crippen MR) is 170 cm³/mol. The van der Waals surface area contributed by atoms with E-state index in [0.29, 0.717) is 24.4 Å². The van der Waals surface area contributed by atoms with E-state index in [1.54, 1.807) is 7.11 Å². The summed E-state index contributed by atoms with van der Waals surface area (Å²) in [5.41, 5.74) is 6.74. The van der Waals surface area contributed by atoms with E-state index in [4.69, 9.17) is 14.5 Å². The predicted octanol–water partition coefficient (Wildman–Crippen LogP) is 10.9. The molecule has 0 aromatic heterocycles. The number of hydrogen-bond acceptors (Lipinski definition) is 3. The Labute approximate surface area is 242 Å². The maximum atomic E-state index is 6.31. The van der Waals surface area contributed by atoms with Gasteiger partial charge in [-0.25, -0.2) is 0 Å². The van der Waals surface area contributed by atoms with Crippen LogP contribution < -0.4 is 4.74 Å². The molecule has 3 nitrogen and oxygen atoms in total. The minimum absolute atomic E-state index is 0.303. The number of rotatable bonds is 21. The standard InChI is InChI=1S/C36H61NO2/c1-8-10-11-12-13-14-15-16-17-18-19-20-21-23-31-24-22-25-33(39-9-2)35(31)36-32(26-27-38-7)29(5)37-30(6)34(36)28(3)4/h22,24-25,28,34,36H,8-21,23,26-27H2,1-7H3. The average molecular weight is 540 g/mol. The summed E-state index contributed by atoms with van der Waals surface area (Å²) in [4.78, 5) is 5.04. The zero-order valence-electron chi connectivity index (χ0n) is 26.7. The first-order valence-electron chi connectivity index (χ1n) is 16.4. The average Bonchev–Trinajstić information content (AvgIpc) is 2.90. The molecule has 0 saturated heterocycles. The van der Waals surface area contributed by atoms with Crippen molar-refractivity contribution in [1.29, 1.82) is 0 Å². The number of benzene rings is 1. The number of unbranched alkanes of at least 4 members (excludes halogenated alkanes) is 12. The number of nitrogens with zero attached hydrogens (tertiary/aromatic N) is 1. The van der Waals surface area contributed by atoms with E-state index >= 15 is 0 Å². The maximum absolute atomic E-state index is 6.31. The van der Waals surface area contributed by atoms with Crippen LogP contribution in [0.3, 0.4) is 0 Å². The minimum Gasteiger partial charge on any atom is -0.494 e. The molecule has 0 amide bonds. The van der Waals surface area contributed by atoms with E-state index in [1.165, 1.54) is 112 Å². The Hall–Kier alpha value is -1.61. The Kier molecular flexibility index (Phi) is 16.8. The van der Waals surface area contributed by atoms with E-state index in [-0.39, 0.29) is 0 Å². The third-order valence-electron chi connectivity index (χ3n) is 8.64. The SMILES string of the molecule is CCCCCCCCCCCCCCCc1cccc(OCC)c1C1C(CCOC)=C(C)N=C(C)C1C(C)C. The molecule has 2 rings (SSSR count). The number of aryl methyl sites for hydroxylation is 1. The van der Waals surface area contributed by atoms with E-state index < -0.39 is 0 Å². The van der Waals surface area contributed by atoms with Crippen LogP contribution in [-0.2, 0) is 11.2 Å². The van der Waals surface area contributed by atoms with Crippen LogP contribution in [-0.4, -0.2) is 26.0 Å². The fraction of sp³-hybridized carbons (Fsp3) is 0.750. The van der Waals surface area contributed by atoms with Crippen molar-refractivity contribution in [3.05, 3.63) is 40.6 Å². The second kappa shape index (κ2) is 19.5. The monoisotopic (exact) mass is 539 g/mol. The molecule has 1 aromatic carbocycles. The summed E-state index contributed by atoms with van der Waals surface area (Å²) in [5, 5.41) is 0. The lowest BCUT2D eigenvalue weighted by Gasteiger charge is -2.38. The van der Waals surface area contributed by atoms with Gasteiger partial charge in [-0.2, -0.15) is 0 Å². The van der Waals surface area contributed by atoms with Crippen molar-refractivity contribution < 1.29 is 9.47 Å². The summed E-state index contributed by atoms with van der Waals surface area (Å²) in [7, 11) is 1.80. The molecular weight excluding hydrogens is 478 g/mol. The van der Waals surface area contributed by atoms with E-state index in [0.717, 1.165) is 25.2 Å². The van der Waals surface area contributed by atoms with Crippen LogP contribution in [0.4, 0.5) is 0 Å². The van der Waals surface area contributed by atoms with Gasteiger partial charge in [0.1, 0.15) is 5.75 Å². The van der Waals surface area contributed by atoms with Gasteiger partial charge in [-0.05, 0) is 63.2 Å². The van der Waals surface area contributed by atoms with Crippen LogP contribution in [0, 0.1) is 11.8 Å². The van der Waals surface area contributed by atoms with Crippen LogP contribution in [0.5, 0.6) is 5.75 Å². The second-order valence-corrected chi connectivity index (χ2v) is 12.1. The summed E-state index contributed by atoms with van der Waals surface area (Å²) in [6.07, 6.45) is 20.1. The first-order chi connectivity index (χ1) is 19.0. The highest BCUT2D eigenvalue weighted by Crippen LogP contribution is 2.47. The second-order valence-electron chi connectivity index (χ2n) is 12.1. The molecule has 2 atom stereocenters. The van der Waals surface area contributed by atoms with Crippen molar-refractivity contribution in [2.24, 2.45) is 16.8 Å². The molecule has 0 spiro atoms. The van der Waals surface area contributed by atoms with Gasteiger partial charge >= 0.3 is 0 Å². The third kappa shape index (κ3) is 11.1. The van der Waals surface area contributed by atoms with Gasteiger partial charge in [-0.1, -0.05) is 110 Å². The van der Waals surface area contributed by atoms with Gasteiger partial charge in [-0.15, -0.1) is 0 Å². The molecular formula is C36H61NO2. The quantitative estimate of drug-likeness (QED) is 0.145. The molecule has 2 unspecified atom stereocenters. The lowest BCUT2D eigenvalue weighted by Crippen LogP contribution is -2.31.